The third-order valence-corrected chi connectivity index (χ3v) is 4.57. The second-order valence-electron chi connectivity index (χ2n) is 5.00. The standard InChI is InChI=1S/C13H14N6OS/c1-9-8-21-13(14-9)11-7-18(4-5-20-11)10-2-3-12-15-16-17-19(12)6-10/h2-3,6,8,11H,4-5,7H2,1H3/t11-/m1/s1. The Balaban J connectivity index is 1.59. The van der Waals surface area contributed by atoms with Gasteiger partial charge in [-0.15, -0.1) is 16.4 Å². The summed E-state index contributed by atoms with van der Waals surface area (Å²) in [7, 11) is 0. The Morgan fingerprint density at radius 1 is 1.38 bits per heavy atom. The summed E-state index contributed by atoms with van der Waals surface area (Å²) in [6.07, 6.45) is 1.98. The van der Waals surface area contributed by atoms with E-state index in [2.05, 4.69) is 30.8 Å². The number of morpholine rings is 1. The van der Waals surface area contributed by atoms with Gasteiger partial charge in [0.15, 0.2) is 5.65 Å². The van der Waals surface area contributed by atoms with Crippen LogP contribution in [0.25, 0.3) is 5.65 Å². The van der Waals surface area contributed by atoms with Crippen LogP contribution in [-0.2, 0) is 4.74 Å². The SMILES string of the molecule is Cc1csc([C@H]2CN(c3ccc4nnnn4c3)CCO2)n1. The van der Waals surface area contributed by atoms with Crippen molar-refractivity contribution in [3.63, 3.8) is 0 Å². The lowest BCUT2D eigenvalue weighted by Gasteiger charge is -2.33. The summed E-state index contributed by atoms with van der Waals surface area (Å²) in [5.74, 6) is 0. The summed E-state index contributed by atoms with van der Waals surface area (Å²) in [6.45, 7) is 4.35. The molecule has 1 fully saturated rings. The highest BCUT2D eigenvalue weighted by molar-refractivity contribution is 7.09. The number of aryl methyl sites for hydroxylation is 1. The van der Waals surface area contributed by atoms with Gasteiger partial charge in [-0.25, -0.2) is 4.98 Å². The normalized spacial score (nSPS) is 19.3. The van der Waals surface area contributed by atoms with Gasteiger partial charge < -0.3 is 9.64 Å². The fraction of sp³-hybridized carbons (Fsp3) is 0.385. The van der Waals surface area contributed by atoms with Gasteiger partial charge in [-0.3, -0.25) is 0 Å². The zero-order chi connectivity index (χ0) is 14.2. The number of aromatic nitrogens is 5. The molecule has 0 saturated carbocycles. The molecule has 1 atom stereocenters. The lowest BCUT2D eigenvalue weighted by atomic mass is 10.2. The number of thiazole rings is 1. The van der Waals surface area contributed by atoms with Gasteiger partial charge in [0.25, 0.3) is 0 Å². The van der Waals surface area contributed by atoms with Crippen LogP contribution in [0.4, 0.5) is 5.69 Å². The van der Waals surface area contributed by atoms with E-state index in [4.69, 9.17) is 4.74 Å². The first-order chi connectivity index (χ1) is 10.3. The van der Waals surface area contributed by atoms with E-state index in [0.29, 0.717) is 6.61 Å². The molecular weight excluding hydrogens is 288 g/mol. The molecule has 7 nitrogen and oxygen atoms in total. The average Bonchev–Trinajstić information content (AvgIpc) is 3.15. The van der Waals surface area contributed by atoms with Crippen molar-refractivity contribution < 1.29 is 4.74 Å². The van der Waals surface area contributed by atoms with E-state index in [1.165, 1.54) is 0 Å². The molecule has 3 aromatic rings. The molecule has 4 heterocycles. The van der Waals surface area contributed by atoms with Crippen LogP contribution >= 0.6 is 11.3 Å². The Kier molecular flexibility index (Phi) is 3.04. The number of ether oxygens (including phenoxy) is 1. The maximum absolute atomic E-state index is 5.86. The highest BCUT2D eigenvalue weighted by atomic mass is 32.1. The molecule has 8 heteroatoms. The van der Waals surface area contributed by atoms with Gasteiger partial charge in [-0.05, 0) is 29.5 Å². The van der Waals surface area contributed by atoms with Crippen molar-refractivity contribution in [2.24, 2.45) is 0 Å². The maximum Gasteiger partial charge on any atom is 0.179 e. The smallest absolute Gasteiger partial charge is 0.179 e. The van der Waals surface area contributed by atoms with Gasteiger partial charge in [0.2, 0.25) is 0 Å². The zero-order valence-corrected chi connectivity index (χ0v) is 12.3. The van der Waals surface area contributed by atoms with Crippen LogP contribution in [0.15, 0.2) is 23.7 Å². The molecule has 0 unspecified atom stereocenters. The number of pyridine rings is 1. The molecule has 1 saturated heterocycles. The van der Waals surface area contributed by atoms with Gasteiger partial charge >= 0.3 is 0 Å². The molecule has 108 valence electrons. The van der Waals surface area contributed by atoms with Crippen molar-refractivity contribution >= 4 is 22.7 Å². The molecule has 0 spiro atoms. The van der Waals surface area contributed by atoms with Gasteiger partial charge in [0, 0.05) is 17.6 Å². The van der Waals surface area contributed by atoms with Gasteiger partial charge in [-0.2, -0.15) is 4.52 Å². The van der Waals surface area contributed by atoms with Crippen molar-refractivity contribution in [2.45, 2.75) is 13.0 Å². The molecule has 3 aromatic heterocycles. The third-order valence-electron chi connectivity index (χ3n) is 3.52. The Hall–Kier alpha value is -2.06. The van der Waals surface area contributed by atoms with Crippen molar-refractivity contribution in [2.75, 3.05) is 24.6 Å². The van der Waals surface area contributed by atoms with E-state index >= 15 is 0 Å². The Labute approximate surface area is 125 Å². The molecule has 0 bridgehead atoms. The van der Waals surface area contributed by atoms with Crippen molar-refractivity contribution in [1.82, 2.24) is 25.0 Å². The maximum atomic E-state index is 5.86. The minimum absolute atomic E-state index is 0.0296. The van der Waals surface area contributed by atoms with E-state index in [1.54, 1.807) is 15.9 Å². The molecule has 0 amide bonds. The van der Waals surface area contributed by atoms with Gasteiger partial charge in [-0.1, -0.05) is 0 Å². The van der Waals surface area contributed by atoms with E-state index in [9.17, 15) is 0 Å². The summed E-state index contributed by atoms with van der Waals surface area (Å²) in [6, 6.07) is 3.97. The van der Waals surface area contributed by atoms with Crippen LogP contribution in [0.3, 0.4) is 0 Å². The first kappa shape index (κ1) is 12.7. The van der Waals surface area contributed by atoms with Crippen LogP contribution in [0.5, 0.6) is 0 Å². The van der Waals surface area contributed by atoms with E-state index in [0.717, 1.165) is 35.1 Å². The minimum atomic E-state index is 0.0296. The number of hydrogen-bond donors (Lipinski definition) is 0. The first-order valence-electron chi connectivity index (χ1n) is 6.76. The molecule has 1 aliphatic heterocycles. The van der Waals surface area contributed by atoms with Crippen molar-refractivity contribution in [3.8, 4) is 0 Å². The lowest BCUT2D eigenvalue weighted by molar-refractivity contribution is 0.0395. The molecule has 0 aliphatic carbocycles. The second kappa shape index (κ2) is 5.05. The van der Waals surface area contributed by atoms with Crippen LogP contribution in [0.2, 0.25) is 0 Å². The van der Waals surface area contributed by atoms with E-state index < -0.39 is 0 Å². The van der Waals surface area contributed by atoms with E-state index in [-0.39, 0.29) is 6.10 Å². The van der Waals surface area contributed by atoms with Crippen LogP contribution < -0.4 is 4.90 Å². The summed E-state index contributed by atoms with van der Waals surface area (Å²) < 4.78 is 7.55. The number of anilines is 1. The Morgan fingerprint density at radius 2 is 2.33 bits per heavy atom. The summed E-state index contributed by atoms with van der Waals surface area (Å²) >= 11 is 1.66. The molecule has 1 aliphatic rings. The first-order valence-corrected chi connectivity index (χ1v) is 7.64. The topological polar surface area (TPSA) is 68.4 Å². The van der Waals surface area contributed by atoms with Gasteiger partial charge in [0.1, 0.15) is 11.1 Å². The number of nitrogens with zero attached hydrogens (tertiary/aromatic N) is 6. The van der Waals surface area contributed by atoms with Gasteiger partial charge in [0.05, 0.1) is 25.0 Å². The zero-order valence-electron chi connectivity index (χ0n) is 11.5. The predicted octanol–water partition coefficient (Wildman–Crippen LogP) is 1.47. The molecule has 0 N–H and O–H groups in total. The van der Waals surface area contributed by atoms with Crippen LogP contribution in [0, 0.1) is 6.92 Å². The molecule has 21 heavy (non-hydrogen) atoms. The fourth-order valence-electron chi connectivity index (χ4n) is 2.47. The fourth-order valence-corrected chi connectivity index (χ4v) is 3.31. The number of hydrogen-bond acceptors (Lipinski definition) is 7. The highest BCUT2D eigenvalue weighted by Crippen LogP contribution is 2.28. The predicted molar refractivity (Wildman–Crippen MR) is 78.5 cm³/mol. The summed E-state index contributed by atoms with van der Waals surface area (Å²) in [5.41, 5.74) is 2.89. The Bertz CT molecular complexity index is 769. The Morgan fingerprint density at radius 3 is 3.19 bits per heavy atom. The average molecular weight is 302 g/mol. The number of rotatable bonds is 2. The molecule has 0 radical (unpaired) electrons. The number of tetrazole rings is 1. The van der Waals surface area contributed by atoms with Crippen molar-refractivity contribution in [3.05, 3.63) is 34.4 Å². The van der Waals surface area contributed by atoms with E-state index in [1.807, 2.05) is 25.3 Å². The highest BCUT2D eigenvalue weighted by Gasteiger charge is 2.24. The van der Waals surface area contributed by atoms with Crippen molar-refractivity contribution in [1.29, 1.82) is 0 Å². The minimum Gasteiger partial charge on any atom is -0.367 e. The van der Waals surface area contributed by atoms with Crippen LogP contribution in [0.1, 0.15) is 16.8 Å². The quantitative estimate of drug-likeness (QED) is 0.714. The monoisotopic (exact) mass is 302 g/mol. The third kappa shape index (κ3) is 2.36. The van der Waals surface area contributed by atoms with Crippen LogP contribution in [-0.4, -0.2) is 44.7 Å². The summed E-state index contributed by atoms with van der Waals surface area (Å²) in [4.78, 5) is 6.82. The lowest BCUT2D eigenvalue weighted by Crippen LogP contribution is -2.38. The molecule has 4 rings (SSSR count). The second-order valence-corrected chi connectivity index (χ2v) is 5.89. The summed E-state index contributed by atoms with van der Waals surface area (Å²) in [5, 5.41) is 14.6. The molecule has 0 aromatic carbocycles. The largest absolute Gasteiger partial charge is 0.367 e. The number of fused-ring (bicyclic) bond motifs is 1. The molecular formula is C13H14N6OS.